The number of thiazole rings is 1. The number of likely N-dealkylation sites (N-methyl/N-ethyl adjacent to an activating group) is 1. The summed E-state index contributed by atoms with van der Waals surface area (Å²) in [4.78, 5) is 14.1. The normalized spacial score (nSPS) is 11.6. The van der Waals surface area contributed by atoms with Gasteiger partial charge in [0, 0.05) is 6.54 Å². The van der Waals surface area contributed by atoms with Crippen LogP contribution < -0.4 is 14.8 Å². The van der Waals surface area contributed by atoms with Gasteiger partial charge in [-0.1, -0.05) is 17.4 Å². The van der Waals surface area contributed by atoms with Crippen molar-refractivity contribution in [2.45, 2.75) is 23.0 Å². The number of rotatable bonds is 10. The molecule has 0 amide bonds. The number of hydrogen-bond donors (Lipinski definition) is 1. The van der Waals surface area contributed by atoms with E-state index < -0.39 is 15.7 Å². The maximum atomic E-state index is 14.8. The number of nitrogens with zero attached hydrogens (tertiary/aromatic N) is 4. The number of benzene rings is 1. The monoisotopic (exact) mass is 481 g/mol. The van der Waals surface area contributed by atoms with Gasteiger partial charge in [-0.05, 0) is 46.1 Å². The Kier molecular flexibility index (Phi) is 7.59. The van der Waals surface area contributed by atoms with Crippen LogP contribution in [0.25, 0.3) is 0 Å². The quantitative estimate of drug-likeness (QED) is 0.467. The second kappa shape index (κ2) is 10.2. The van der Waals surface area contributed by atoms with Crippen LogP contribution in [0.5, 0.6) is 11.6 Å². The molecule has 0 bridgehead atoms. The zero-order chi connectivity index (χ0) is 23.3. The molecule has 2 aromatic heterocycles. The molecule has 0 aliphatic heterocycles. The fourth-order valence-electron chi connectivity index (χ4n) is 2.59. The van der Waals surface area contributed by atoms with Crippen LogP contribution in [0, 0.1) is 12.7 Å². The average Bonchev–Trinajstić information content (AvgIpc) is 3.21. The fraction of sp³-hybridized carbons (Fsp3) is 0.350. The van der Waals surface area contributed by atoms with E-state index in [0.717, 1.165) is 11.3 Å². The highest BCUT2D eigenvalue weighted by Crippen LogP contribution is 2.32. The summed E-state index contributed by atoms with van der Waals surface area (Å²) >= 11 is 0.865. The van der Waals surface area contributed by atoms with Crippen molar-refractivity contribution in [1.29, 1.82) is 0 Å². The van der Waals surface area contributed by atoms with Crippen LogP contribution in [0.2, 0.25) is 0 Å². The molecule has 1 aromatic carbocycles. The first-order valence-corrected chi connectivity index (χ1v) is 12.0. The van der Waals surface area contributed by atoms with E-state index in [2.05, 4.69) is 20.3 Å². The minimum atomic E-state index is -3.82. The van der Waals surface area contributed by atoms with Gasteiger partial charge in [0.25, 0.3) is 5.88 Å². The van der Waals surface area contributed by atoms with Crippen LogP contribution in [0.3, 0.4) is 0 Å². The molecule has 9 nitrogen and oxygen atoms in total. The summed E-state index contributed by atoms with van der Waals surface area (Å²) in [6.45, 7) is 4.67. The molecule has 172 valence electrons. The number of aryl methyl sites for hydroxylation is 1. The molecule has 0 atom stereocenters. The molecule has 0 fully saturated rings. The SMILES string of the molecule is CCOc1cccc(S(=O)(=O)c2cnc(Nc3nc(C)nc(OCCN(C)C)c3F)s2)c1. The van der Waals surface area contributed by atoms with Crippen LogP contribution >= 0.6 is 11.3 Å². The molecular weight excluding hydrogens is 457 g/mol. The molecule has 0 unspecified atom stereocenters. The summed E-state index contributed by atoms with van der Waals surface area (Å²) in [5.41, 5.74) is 0. The molecule has 12 heteroatoms. The Hall–Kier alpha value is -2.83. The van der Waals surface area contributed by atoms with Crippen LogP contribution in [0.15, 0.2) is 39.6 Å². The summed E-state index contributed by atoms with van der Waals surface area (Å²) in [5, 5.41) is 2.90. The predicted molar refractivity (Wildman–Crippen MR) is 119 cm³/mol. The predicted octanol–water partition coefficient (Wildman–Crippen LogP) is 3.30. The first kappa shape index (κ1) is 23.8. The molecule has 0 saturated heterocycles. The number of ether oxygens (including phenoxy) is 2. The molecule has 3 rings (SSSR count). The lowest BCUT2D eigenvalue weighted by Gasteiger charge is -2.12. The van der Waals surface area contributed by atoms with Crippen molar-refractivity contribution in [1.82, 2.24) is 19.9 Å². The van der Waals surface area contributed by atoms with Crippen LogP contribution in [-0.2, 0) is 9.84 Å². The second-order valence-electron chi connectivity index (χ2n) is 6.91. The smallest absolute Gasteiger partial charge is 0.256 e. The van der Waals surface area contributed by atoms with Gasteiger partial charge in [0.2, 0.25) is 15.7 Å². The standard InChI is InChI=1S/C20H24FN5O4S2/c1-5-29-14-7-6-8-15(11-14)32(27,28)16-12-22-20(31-16)25-18-17(21)19(24-13(2)23-18)30-10-9-26(3)4/h6-8,11-12H,5,9-10H2,1-4H3,(H,22,23,24,25). The average molecular weight is 482 g/mol. The lowest BCUT2D eigenvalue weighted by atomic mass is 10.3. The van der Waals surface area contributed by atoms with Crippen molar-refractivity contribution >= 4 is 32.1 Å². The van der Waals surface area contributed by atoms with Crippen molar-refractivity contribution in [3.63, 3.8) is 0 Å². The summed E-state index contributed by atoms with van der Waals surface area (Å²) in [5.74, 6) is -0.353. The summed E-state index contributed by atoms with van der Waals surface area (Å²) in [7, 11) is -0.0695. The van der Waals surface area contributed by atoms with Crippen molar-refractivity contribution < 1.29 is 22.3 Å². The van der Waals surface area contributed by atoms with E-state index in [9.17, 15) is 12.8 Å². The third-order valence-corrected chi connectivity index (χ3v) is 7.24. The number of hydrogen-bond acceptors (Lipinski definition) is 10. The van der Waals surface area contributed by atoms with E-state index in [-0.39, 0.29) is 32.5 Å². The van der Waals surface area contributed by atoms with Gasteiger partial charge in [-0.2, -0.15) is 9.37 Å². The van der Waals surface area contributed by atoms with Gasteiger partial charge >= 0.3 is 0 Å². The summed E-state index contributed by atoms with van der Waals surface area (Å²) in [6, 6.07) is 6.22. The zero-order valence-electron chi connectivity index (χ0n) is 18.1. The number of sulfone groups is 1. The maximum absolute atomic E-state index is 14.8. The van der Waals surface area contributed by atoms with E-state index in [1.54, 1.807) is 19.1 Å². The Morgan fingerprint density at radius 1 is 1.22 bits per heavy atom. The van der Waals surface area contributed by atoms with Crippen molar-refractivity contribution in [2.24, 2.45) is 0 Å². The summed E-state index contributed by atoms with van der Waals surface area (Å²) < 4.78 is 51.5. The molecule has 0 aliphatic rings. The first-order valence-electron chi connectivity index (χ1n) is 9.73. The molecule has 32 heavy (non-hydrogen) atoms. The Bertz CT molecular complexity index is 1180. The number of halogens is 1. The highest BCUT2D eigenvalue weighted by Gasteiger charge is 2.23. The number of anilines is 2. The van der Waals surface area contributed by atoms with Gasteiger partial charge in [-0.3, -0.25) is 0 Å². The van der Waals surface area contributed by atoms with Crippen molar-refractivity contribution in [3.8, 4) is 11.6 Å². The van der Waals surface area contributed by atoms with E-state index in [1.807, 2.05) is 25.9 Å². The Labute approximate surface area is 190 Å². The van der Waals surface area contributed by atoms with Gasteiger partial charge in [-0.25, -0.2) is 18.4 Å². The fourth-order valence-corrected chi connectivity index (χ4v) is 5.06. The highest BCUT2D eigenvalue weighted by molar-refractivity contribution is 7.93. The third kappa shape index (κ3) is 5.69. The van der Waals surface area contributed by atoms with E-state index in [4.69, 9.17) is 9.47 Å². The van der Waals surface area contributed by atoms with Gasteiger partial charge in [0.1, 0.15) is 22.4 Å². The topological polar surface area (TPSA) is 107 Å². The van der Waals surface area contributed by atoms with Gasteiger partial charge in [0.05, 0.1) is 17.7 Å². The molecule has 0 radical (unpaired) electrons. The Morgan fingerprint density at radius 2 is 2.00 bits per heavy atom. The van der Waals surface area contributed by atoms with E-state index in [0.29, 0.717) is 24.7 Å². The molecule has 1 N–H and O–H groups in total. The van der Waals surface area contributed by atoms with Crippen LogP contribution in [-0.4, -0.2) is 62.1 Å². The van der Waals surface area contributed by atoms with E-state index in [1.165, 1.54) is 18.3 Å². The van der Waals surface area contributed by atoms with Crippen LogP contribution in [0.1, 0.15) is 12.7 Å². The Balaban J connectivity index is 1.82. The van der Waals surface area contributed by atoms with Crippen LogP contribution in [0.4, 0.5) is 15.3 Å². The number of aromatic nitrogens is 3. The van der Waals surface area contributed by atoms with E-state index >= 15 is 0 Å². The largest absolute Gasteiger partial charge is 0.494 e. The summed E-state index contributed by atoms with van der Waals surface area (Å²) in [6.07, 6.45) is 1.22. The molecule has 0 aliphatic carbocycles. The lowest BCUT2D eigenvalue weighted by Crippen LogP contribution is -2.20. The first-order chi connectivity index (χ1) is 15.2. The lowest BCUT2D eigenvalue weighted by molar-refractivity contribution is 0.243. The maximum Gasteiger partial charge on any atom is 0.256 e. The molecule has 0 spiro atoms. The van der Waals surface area contributed by atoms with Crippen molar-refractivity contribution in [3.05, 3.63) is 42.1 Å². The minimum Gasteiger partial charge on any atom is -0.494 e. The van der Waals surface area contributed by atoms with Gasteiger partial charge in [0.15, 0.2) is 10.9 Å². The molecular formula is C20H24FN5O4S2. The van der Waals surface area contributed by atoms with Crippen molar-refractivity contribution in [2.75, 3.05) is 39.2 Å². The molecule has 3 aromatic rings. The highest BCUT2D eigenvalue weighted by atomic mass is 32.2. The second-order valence-corrected chi connectivity index (χ2v) is 10.1. The minimum absolute atomic E-state index is 0.00212. The third-order valence-electron chi connectivity index (χ3n) is 4.11. The zero-order valence-corrected chi connectivity index (χ0v) is 19.8. The number of nitrogens with one attached hydrogen (secondary N) is 1. The molecule has 0 saturated carbocycles. The van der Waals surface area contributed by atoms with Gasteiger partial charge in [-0.15, -0.1) is 0 Å². The molecule has 2 heterocycles. The Morgan fingerprint density at radius 3 is 2.72 bits per heavy atom. The van der Waals surface area contributed by atoms with Gasteiger partial charge < -0.3 is 19.7 Å².